The molecule has 0 radical (unpaired) electrons. The van der Waals surface area contributed by atoms with Gasteiger partial charge in [-0.25, -0.2) is 0 Å². The number of phenolic OH excluding ortho intramolecular Hbond substituents is 1. The largest absolute Gasteiger partial charge is 0.508 e. The van der Waals surface area contributed by atoms with E-state index in [9.17, 15) is 13.5 Å². The van der Waals surface area contributed by atoms with Crippen molar-refractivity contribution in [2.45, 2.75) is 18.2 Å². The second-order valence-electron chi connectivity index (χ2n) is 4.28. The lowest BCUT2D eigenvalue weighted by molar-refractivity contribution is 0.462. The highest BCUT2D eigenvalue weighted by Crippen LogP contribution is 2.31. The first-order chi connectivity index (χ1) is 9.83. The molecular formula is C14H12Cl2O4S. The molecular weight excluding hydrogens is 335 g/mol. The molecule has 0 aliphatic heterocycles. The fourth-order valence-electron chi connectivity index (χ4n) is 1.74. The third kappa shape index (κ3) is 3.61. The van der Waals surface area contributed by atoms with E-state index in [1.807, 2.05) is 6.92 Å². The highest BCUT2D eigenvalue weighted by molar-refractivity contribution is 7.87. The second-order valence-corrected chi connectivity index (χ2v) is 6.58. The Morgan fingerprint density at radius 2 is 1.90 bits per heavy atom. The topological polar surface area (TPSA) is 63.6 Å². The average Bonchev–Trinajstić information content (AvgIpc) is 2.40. The SMILES string of the molecule is CCc1cc(O)cc(OS(=O)(=O)c2cccc(Cl)c2Cl)c1. The van der Waals surface area contributed by atoms with Gasteiger partial charge < -0.3 is 9.29 Å². The van der Waals surface area contributed by atoms with Crippen LogP contribution in [-0.2, 0) is 16.5 Å². The Morgan fingerprint density at radius 3 is 2.57 bits per heavy atom. The number of hydrogen-bond acceptors (Lipinski definition) is 4. The summed E-state index contributed by atoms with van der Waals surface area (Å²) < 4.78 is 29.5. The minimum absolute atomic E-state index is 0.0166. The molecule has 112 valence electrons. The van der Waals surface area contributed by atoms with E-state index in [-0.39, 0.29) is 26.4 Å². The van der Waals surface area contributed by atoms with Crippen LogP contribution in [0.15, 0.2) is 41.3 Å². The van der Waals surface area contributed by atoms with Gasteiger partial charge in [0.1, 0.15) is 16.4 Å². The second kappa shape index (κ2) is 6.13. The first-order valence-electron chi connectivity index (χ1n) is 6.05. The van der Waals surface area contributed by atoms with Crippen LogP contribution in [0.3, 0.4) is 0 Å². The van der Waals surface area contributed by atoms with Gasteiger partial charge >= 0.3 is 10.1 Å². The molecule has 2 aromatic rings. The van der Waals surface area contributed by atoms with Crippen LogP contribution in [0.25, 0.3) is 0 Å². The van der Waals surface area contributed by atoms with Gasteiger partial charge in [-0.2, -0.15) is 8.42 Å². The summed E-state index contributed by atoms with van der Waals surface area (Å²) in [5.74, 6) is -0.0559. The summed E-state index contributed by atoms with van der Waals surface area (Å²) in [5, 5.41) is 9.58. The van der Waals surface area contributed by atoms with Crippen LogP contribution in [0.1, 0.15) is 12.5 Å². The summed E-state index contributed by atoms with van der Waals surface area (Å²) in [7, 11) is -4.14. The molecule has 0 atom stereocenters. The number of aromatic hydroxyl groups is 1. The molecule has 4 nitrogen and oxygen atoms in total. The van der Waals surface area contributed by atoms with Crippen LogP contribution in [0, 0.1) is 0 Å². The maximum atomic E-state index is 12.2. The van der Waals surface area contributed by atoms with E-state index < -0.39 is 10.1 Å². The third-order valence-corrected chi connectivity index (χ3v) is 4.97. The van der Waals surface area contributed by atoms with Crippen LogP contribution in [0.4, 0.5) is 0 Å². The van der Waals surface area contributed by atoms with Crippen molar-refractivity contribution >= 4 is 33.3 Å². The predicted molar refractivity (Wildman–Crippen MR) is 81.8 cm³/mol. The first-order valence-corrected chi connectivity index (χ1v) is 8.21. The molecule has 0 fully saturated rings. The normalized spacial score (nSPS) is 11.4. The van der Waals surface area contributed by atoms with E-state index in [0.717, 1.165) is 5.56 Å². The van der Waals surface area contributed by atoms with E-state index in [4.69, 9.17) is 27.4 Å². The summed E-state index contributed by atoms with van der Waals surface area (Å²) in [5.41, 5.74) is 0.748. The Hall–Kier alpha value is -1.43. The number of aryl methyl sites for hydroxylation is 1. The molecule has 0 aliphatic carbocycles. The molecule has 0 unspecified atom stereocenters. The van der Waals surface area contributed by atoms with Gasteiger partial charge in [-0.3, -0.25) is 0 Å². The van der Waals surface area contributed by atoms with E-state index in [1.165, 1.54) is 36.4 Å². The summed E-state index contributed by atoms with van der Waals surface area (Å²) in [6.45, 7) is 1.88. The Morgan fingerprint density at radius 1 is 1.19 bits per heavy atom. The molecule has 21 heavy (non-hydrogen) atoms. The van der Waals surface area contributed by atoms with Crippen LogP contribution in [0.5, 0.6) is 11.5 Å². The Kier molecular flexibility index (Phi) is 4.66. The molecule has 2 aromatic carbocycles. The minimum atomic E-state index is -4.14. The molecule has 2 rings (SSSR count). The van der Waals surface area contributed by atoms with Crippen molar-refractivity contribution in [2.75, 3.05) is 0 Å². The van der Waals surface area contributed by atoms with E-state index in [2.05, 4.69) is 0 Å². The number of halogens is 2. The predicted octanol–water partition coefficient (Wildman–Crippen LogP) is 4.03. The Balaban J connectivity index is 2.42. The van der Waals surface area contributed by atoms with Gasteiger partial charge in [0.05, 0.1) is 10.0 Å². The standard InChI is InChI=1S/C14H12Cl2O4S/c1-2-9-6-10(17)8-11(7-9)20-21(18,19)13-5-3-4-12(15)14(13)16/h3-8,17H,2H2,1H3. The lowest BCUT2D eigenvalue weighted by Crippen LogP contribution is -2.10. The zero-order chi connectivity index (χ0) is 15.6. The summed E-state index contributed by atoms with van der Waals surface area (Å²) in [6.07, 6.45) is 0.628. The Bertz CT molecular complexity index is 773. The first kappa shape index (κ1) is 15.9. The molecule has 1 N–H and O–H groups in total. The quantitative estimate of drug-likeness (QED) is 0.849. The van der Waals surface area contributed by atoms with Gasteiger partial charge in [-0.05, 0) is 36.2 Å². The summed E-state index contributed by atoms with van der Waals surface area (Å²) in [4.78, 5) is -0.224. The highest BCUT2D eigenvalue weighted by Gasteiger charge is 2.22. The Labute approximate surface area is 133 Å². The number of rotatable bonds is 4. The van der Waals surface area contributed by atoms with Crippen molar-refractivity contribution in [3.63, 3.8) is 0 Å². The van der Waals surface area contributed by atoms with Gasteiger partial charge in [0.15, 0.2) is 0 Å². The third-order valence-electron chi connectivity index (χ3n) is 2.75. The van der Waals surface area contributed by atoms with E-state index in [0.29, 0.717) is 6.42 Å². The number of benzene rings is 2. The minimum Gasteiger partial charge on any atom is -0.508 e. The average molecular weight is 347 g/mol. The molecule has 0 aromatic heterocycles. The molecule has 0 saturated carbocycles. The molecule has 0 spiro atoms. The zero-order valence-electron chi connectivity index (χ0n) is 11.0. The maximum Gasteiger partial charge on any atom is 0.340 e. The van der Waals surface area contributed by atoms with Crippen LogP contribution >= 0.6 is 23.2 Å². The number of phenols is 1. The summed E-state index contributed by atoms with van der Waals surface area (Å²) in [6, 6.07) is 8.53. The van der Waals surface area contributed by atoms with Gasteiger partial charge in [0.2, 0.25) is 0 Å². The molecule has 0 amide bonds. The van der Waals surface area contributed by atoms with Crippen LogP contribution < -0.4 is 4.18 Å². The van der Waals surface area contributed by atoms with E-state index in [1.54, 1.807) is 0 Å². The fourth-order valence-corrected chi connectivity index (χ4v) is 3.40. The molecule has 7 heteroatoms. The van der Waals surface area contributed by atoms with E-state index >= 15 is 0 Å². The lowest BCUT2D eigenvalue weighted by Gasteiger charge is -2.10. The number of hydrogen-bond donors (Lipinski definition) is 1. The van der Waals surface area contributed by atoms with Crippen molar-refractivity contribution in [3.8, 4) is 11.5 Å². The van der Waals surface area contributed by atoms with Gasteiger partial charge in [-0.1, -0.05) is 36.2 Å². The molecule has 0 saturated heterocycles. The van der Waals surface area contributed by atoms with Crippen molar-refractivity contribution in [2.24, 2.45) is 0 Å². The molecule has 0 bridgehead atoms. The summed E-state index contributed by atoms with van der Waals surface area (Å²) >= 11 is 11.7. The maximum absolute atomic E-state index is 12.2. The fraction of sp³-hybridized carbons (Fsp3) is 0.143. The van der Waals surface area contributed by atoms with Gasteiger partial charge in [0.25, 0.3) is 0 Å². The van der Waals surface area contributed by atoms with Crippen molar-refractivity contribution in [1.29, 1.82) is 0 Å². The molecule has 0 heterocycles. The van der Waals surface area contributed by atoms with Crippen LogP contribution in [-0.4, -0.2) is 13.5 Å². The smallest absolute Gasteiger partial charge is 0.340 e. The highest BCUT2D eigenvalue weighted by atomic mass is 35.5. The monoisotopic (exact) mass is 346 g/mol. The van der Waals surface area contributed by atoms with Crippen LogP contribution in [0.2, 0.25) is 10.0 Å². The van der Waals surface area contributed by atoms with Crippen molar-refractivity contribution in [3.05, 3.63) is 52.0 Å². The van der Waals surface area contributed by atoms with Gasteiger partial charge in [-0.15, -0.1) is 0 Å². The van der Waals surface area contributed by atoms with Crippen molar-refractivity contribution < 1.29 is 17.7 Å². The lowest BCUT2D eigenvalue weighted by atomic mass is 10.1. The molecule has 0 aliphatic rings. The van der Waals surface area contributed by atoms with Crippen molar-refractivity contribution in [1.82, 2.24) is 0 Å². The van der Waals surface area contributed by atoms with Gasteiger partial charge in [0, 0.05) is 6.07 Å². The zero-order valence-corrected chi connectivity index (χ0v) is 13.3.